The Morgan fingerprint density at radius 2 is 2.16 bits per heavy atom. The number of carbonyl (C=O) groups is 1. The van der Waals surface area contributed by atoms with Gasteiger partial charge in [0.15, 0.2) is 5.69 Å². The number of carbonyl (C=O) groups excluding carboxylic acids is 1. The van der Waals surface area contributed by atoms with E-state index in [4.69, 9.17) is 5.73 Å². The summed E-state index contributed by atoms with van der Waals surface area (Å²) in [6, 6.07) is 0.616. The van der Waals surface area contributed by atoms with Crippen molar-refractivity contribution in [2.45, 2.75) is 58.2 Å². The Labute approximate surface area is 112 Å². The van der Waals surface area contributed by atoms with E-state index in [1.54, 1.807) is 4.68 Å². The summed E-state index contributed by atoms with van der Waals surface area (Å²) >= 11 is 0. The fraction of sp³-hybridized carbons (Fsp3) is 0.769. The molecule has 2 aliphatic rings. The second-order valence-corrected chi connectivity index (χ2v) is 5.81. The number of nitrogens with zero attached hydrogens (tertiary/aromatic N) is 3. The Bertz CT molecular complexity index is 503. The van der Waals surface area contributed by atoms with Gasteiger partial charge in [0.05, 0.1) is 5.69 Å². The Kier molecular flexibility index (Phi) is 2.85. The average Bonchev–Trinajstić information content (AvgIpc) is 2.87. The molecule has 0 aliphatic heterocycles. The maximum Gasteiger partial charge on any atom is 0.273 e. The van der Waals surface area contributed by atoms with Crippen molar-refractivity contribution in [3.8, 4) is 0 Å². The summed E-state index contributed by atoms with van der Waals surface area (Å²) in [5, 5.41) is 11.1. The summed E-state index contributed by atoms with van der Waals surface area (Å²) in [6.45, 7) is 4.76. The van der Waals surface area contributed by atoms with E-state index >= 15 is 0 Å². The normalized spacial score (nSPS) is 32.2. The van der Waals surface area contributed by atoms with Crippen LogP contribution in [-0.4, -0.2) is 33.0 Å². The van der Waals surface area contributed by atoms with Gasteiger partial charge >= 0.3 is 0 Å². The highest BCUT2D eigenvalue weighted by molar-refractivity contribution is 5.93. The molecule has 2 aliphatic carbocycles. The smallest absolute Gasteiger partial charge is 0.273 e. The van der Waals surface area contributed by atoms with Crippen LogP contribution in [0.4, 0.5) is 0 Å². The monoisotopic (exact) mass is 263 g/mol. The molecule has 6 nitrogen and oxygen atoms in total. The fourth-order valence-corrected chi connectivity index (χ4v) is 3.24. The van der Waals surface area contributed by atoms with Crippen LogP contribution in [0.25, 0.3) is 0 Å². The predicted octanol–water partition coefficient (Wildman–Crippen LogP) is 0.470. The lowest BCUT2D eigenvalue weighted by Crippen LogP contribution is -2.47. The van der Waals surface area contributed by atoms with E-state index in [2.05, 4.69) is 15.6 Å². The quantitative estimate of drug-likeness (QED) is 0.827. The molecule has 6 heteroatoms. The Balaban J connectivity index is 1.63. The first kappa shape index (κ1) is 12.6. The molecular weight excluding hydrogens is 242 g/mol. The molecule has 0 radical (unpaired) electrons. The number of hydrogen-bond acceptors (Lipinski definition) is 4. The van der Waals surface area contributed by atoms with Crippen LogP contribution in [-0.2, 0) is 13.0 Å². The molecule has 0 saturated heterocycles. The van der Waals surface area contributed by atoms with Crippen molar-refractivity contribution in [2.75, 3.05) is 0 Å². The van der Waals surface area contributed by atoms with Crippen LogP contribution in [0.5, 0.6) is 0 Å². The number of nitrogens with one attached hydrogen (secondary N) is 1. The van der Waals surface area contributed by atoms with Gasteiger partial charge in [0.25, 0.3) is 5.91 Å². The van der Waals surface area contributed by atoms with E-state index in [-0.39, 0.29) is 11.9 Å². The molecule has 19 heavy (non-hydrogen) atoms. The molecule has 2 fully saturated rings. The van der Waals surface area contributed by atoms with Crippen molar-refractivity contribution < 1.29 is 4.79 Å². The number of aryl methyl sites for hydroxylation is 1. The molecule has 104 valence electrons. The summed E-state index contributed by atoms with van der Waals surface area (Å²) in [7, 11) is 0. The molecular formula is C13H21N5O. The highest BCUT2D eigenvalue weighted by Crippen LogP contribution is 2.59. The van der Waals surface area contributed by atoms with Crippen LogP contribution >= 0.6 is 0 Å². The zero-order valence-corrected chi connectivity index (χ0v) is 11.5. The SMILES string of the molecule is CCc1c(C(=O)NC2CC3(C2)CC3N)nnn1CC. The lowest BCUT2D eigenvalue weighted by atomic mass is 9.76. The third-order valence-electron chi connectivity index (χ3n) is 4.58. The topological polar surface area (TPSA) is 85.8 Å². The van der Waals surface area contributed by atoms with E-state index < -0.39 is 0 Å². The molecule has 1 aromatic rings. The van der Waals surface area contributed by atoms with E-state index in [1.165, 1.54) is 0 Å². The molecule has 1 unspecified atom stereocenters. The first-order valence-electron chi connectivity index (χ1n) is 7.08. The van der Waals surface area contributed by atoms with Crippen LogP contribution in [0.15, 0.2) is 0 Å². The summed E-state index contributed by atoms with van der Waals surface area (Å²) in [6.07, 6.45) is 3.92. The molecule has 0 aromatic carbocycles. The third-order valence-corrected chi connectivity index (χ3v) is 4.58. The van der Waals surface area contributed by atoms with Gasteiger partial charge in [0.1, 0.15) is 0 Å². The molecule has 2 saturated carbocycles. The van der Waals surface area contributed by atoms with Gasteiger partial charge in [-0.1, -0.05) is 12.1 Å². The molecule has 0 bridgehead atoms. The minimum atomic E-state index is -0.0920. The molecule has 1 spiro atoms. The maximum atomic E-state index is 12.2. The lowest BCUT2D eigenvalue weighted by Gasteiger charge is -2.36. The first-order valence-corrected chi connectivity index (χ1v) is 7.08. The third kappa shape index (κ3) is 1.94. The van der Waals surface area contributed by atoms with Gasteiger partial charge in [0, 0.05) is 18.6 Å². The zero-order chi connectivity index (χ0) is 13.6. The van der Waals surface area contributed by atoms with E-state index in [9.17, 15) is 4.79 Å². The first-order chi connectivity index (χ1) is 9.09. The van der Waals surface area contributed by atoms with Gasteiger partial charge in [-0.3, -0.25) is 4.79 Å². The number of hydrogen-bond donors (Lipinski definition) is 2. The van der Waals surface area contributed by atoms with Gasteiger partial charge in [0.2, 0.25) is 0 Å². The summed E-state index contributed by atoms with van der Waals surface area (Å²) in [5.74, 6) is -0.0920. The molecule has 1 aromatic heterocycles. The zero-order valence-electron chi connectivity index (χ0n) is 11.5. The lowest BCUT2D eigenvalue weighted by molar-refractivity contribution is 0.0867. The maximum absolute atomic E-state index is 12.2. The number of aromatic nitrogens is 3. The van der Waals surface area contributed by atoms with Crippen molar-refractivity contribution in [3.05, 3.63) is 11.4 Å². The van der Waals surface area contributed by atoms with Crippen molar-refractivity contribution in [1.82, 2.24) is 20.3 Å². The van der Waals surface area contributed by atoms with E-state index in [0.29, 0.717) is 17.2 Å². The van der Waals surface area contributed by atoms with Crippen molar-refractivity contribution in [2.24, 2.45) is 11.1 Å². The van der Waals surface area contributed by atoms with Gasteiger partial charge in [-0.05, 0) is 38.0 Å². The largest absolute Gasteiger partial charge is 0.348 e. The predicted molar refractivity (Wildman–Crippen MR) is 70.6 cm³/mol. The molecule has 3 N–H and O–H groups in total. The molecule has 1 amide bonds. The summed E-state index contributed by atoms with van der Waals surface area (Å²) in [5.41, 5.74) is 7.64. The molecule has 1 heterocycles. The minimum Gasteiger partial charge on any atom is -0.348 e. The van der Waals surface area contributed by atoms with Crippen LogP contribution in [0.1, 0.15) is 49.3 Å². The Morgan fingerprint density at radius 3 is 2.68 bits per heavy atom. The fourth-order valence-electron chi connectivity index (χ4n) is 3.24. The van der Waals surface area contributed by atoms with Crippen molar-refractivity contribution in [3.63, 3.8) is 0 Å². The minimum absolute atomic E-state index is 0.0920. The van der Waals surface area contributed by atoms with Crippen molar-refractivity contribution in [1.29, 1.82) is 0 Å². The number of nitrogens with two attached hydrogens (primary N) is 1. The van der Waals surface area contributed by atoms with Gasteiger partial charge < -0.3 is 11.1 Å². The Morgan fingerprint density at radius 1 is 1.47 bits per heavy atom. The average molecular weight is 263 g/mol. The second kappa shape index (κ2) is 4.30. The van der Waals surface area contributed by atoms with Gasteiger partial charge in [-0.15, -0.1) is 5.10 Å². The summed E-state index contributed by atoms with van der Waals surface area (Å²) < 4.78 is 1.79. The molecule has 3 rings (SSSR count). The van der Waals surface area contributed by atoms with E-state index in [0.717, 1.165) is 37.9 Å². The second-order valence-electron chi connectivity index (χ2n) is 5.81. The van der Waals surface area contributed by atoms with Crippen LogP contribution in [0, 0.1) is 5.41 Å². The summed E-state index contributed by atoms with van der Waals surface area (Å²) in [4.78, 5) is 12.2. The highest BCUT2D eigenvalue weighted by Gasteiger charge is 2.60. The van der Waals surface area contributed by atoms with E-state index in [1.807, 2.05) is 13.8 Å². The van der Waals surface area contributed by atoms with Gasteiger partial charge in [-0.2, -0.15) is 0 Å². The number of amides is 1. The van der Waals surface area contributed by atoms with Crippen LogP contribution in [0.3, 0.4) is 0 Å². The standard InChI is InChI=1S/C13H21N5O/c1-3-9-11(16-17-18(9)4-2)12(19)15-8-5-13(6-8)7-10(13)14/h8,10H,3-7,14H2,1-2H3,(H,15,19). The Hall–Kier alpha value is -1.43. The van der Waals surface area contributed by atoms with Crippen LogP contribution in [0.2, 0.25) is 0 Å². The van der Waals surface area contributed by atoms with Gasteiger partial charge in [-0.25, -0.2) is 4.68 Å². The number of rotatable bonds is 4. The molecule has 1 atom stereocenters. The van der Waals surface area contributed by atoms with Crippen molar-refractivity contribution >= 4 is 5.91 Å². The highest BCUT2D eigenvalue weighted by atomic mass is 16.2. The van der Waals surface area contributed by atoms with Crippen LogP contribution < -0.4 is 11.1 Å².